The Morgan fingerprint density at radius 1 is 1.42 bits per heavy atom. The van der Waals surface area contributed by atoms with Gasteiger partial charge in [-0.05, 0) is 44.0 Å². The Labute approximate surface area is 111 Å². The number of likely N-dealkylation sites (tertiary alicyclic amines) is 1. The summed E-state index contributed by atoms with van der Waals surface area (Å²) in [5.74, 6) is -1.20. The number of halogens is 1. The maximum absolute atomic E-state index is 12.9. The maximum atomic E-state index is 12.9. The van der Waals surface area contributed by atoms with Gasteiger partial charge in [-0.1, -0.05) is 12.1 Å². The Hall–Kier alpha value is -1.46. The number of hydrogen-bond donors (Lipinski definition) is 2. The summed E-state index contributed by atoms with van der Waals surface area (Å²) in [4.78, 5) is 12.9. The lowest BCUT2D eigenvalue weighted by Crippen LogP contribution is -2.44. The first-order chi connectivity index (χ1) is 9.00. The molecule has 0 aromatic heterocycles. The minimum absolute atomic E-state index is 0.311. The second-order valence-corrected chi connectivity index (χ2v) is 4.97. The lowest BCUT2D eigenvalue weighted by molar-refractivity contribution is -0.143. The van der Waals surface area contributed by atoms with E-state index >= 15 is 0 Å². The van der Waals surface area contributed by atoms with Gasteiger partial charge in [0.2, 0.25) is 0 Å². The molecule has 0 spiro atoms. The van der Waals surface area contributed by atoms with Crippen molar-refractivity contribution in [2.75, 3.05) is 6.54 Å². The van der Waals surface area contributed by atoms with Gasteiger partial charge < -0.3 is 10.2 Å². The molecule has 0 saturated carbocycles. The third kappa shape index (κ3) is 2.93. The van der Waals surface area contributed by atoms with Crippen LogP contribution in [0.3, 0.4) is 0 Å². The van der Waals surface area contributed by atoms with Crippen molar-refractivity contribution in [3.8, 4) is 0 Å². The van der Waals surface area contributed by atoms with Crippen LogP contribution in [0.2, 0.25) is 0 Å². The highest BCUT2D eigenvalue weighted by Crippen LogP contribution is 2.27. The van der Waals surface area contributed by atoms with Crippen molar-refractivity contribution in [3.63, 3.8) is 0 Å². The highest BCUT2D eigenvalue weighted by atomic mass is 19.1. The summed E-state index contributed by atoms with van der Waals surface area (Å²) in [5, 5.41) is 19.4. The van der Waals surface area contributed by atoms with E-state index in [0.717, 1.165) is 6.42 Å². The first-order valence-corrected chi connectivity index (χ1v) is 6.43. The Bertz CT molecular complexity index is 449. The average molecular weight is 267 g/mol. The van der Waals surface area contributed by atoms with E-state index < -0.39 is 18.1 Å². The molecule has 2 N–H and O–H groups in total. The zero-order chi connectivity index (χ0) is 14.0. The first-order valence-electron chi connectivity index (χ1n) is 6.43. The topological polar surface area (TPSA) is 60.8 Å². The number of carboxylic acid groups (broad SMARTS) is 1. The van der Waals surface area contributed by atoms with Crippen molar-refractivity contribution in [1.82, 2.24) is 4.90 Å². The Kier molecular flexibility index (Phi) is 4.17. The van der Waals surface area contributed by atoms with Crippen molar-refractivity contribution in [2.45, 2.75) is 38.0 Å². The number of nitrogens with zero attached hydrogens (tertiary/aromatic N) is 1. The summed E-state index contributed by atoms with van der Waals surface area (Å²) in [6.07, 6.45) is 0.605. The molecule has 0 aliphatic carbocycles. The molecule has 1 aromatic rings. The van der Waals surface area contributed by atoms with Crippen LogP contribution in [0.4, 0.5) is 4.39 Å². The largest absolute Gasteiger partial charge is 0.480 e. The van der Waals surface area contributed by atoms with Crippen molar-refractivity contribution in [2.24, 2.45) is 0 Å². The zero-order valence-electron chi connectivity index (χ0n) is 10.8. The van der Waals surface area contributed by atoms with Crippen LogP contribution in [-0.2, 0) is 4.79 Å². The van der Waals surface area contributed by atoms with Gasteiger partial charge in [0.15, 0.2) is 0 Å². The normalized spacial score (nSPS) is 23.2. The molecule has 3 atom stereocenters. The molecule has 0 amide bonds. The van der Waals surface area contributed by atoms with Gasteiger partial charge in [0.25, 0.3) is 0 Å². The van der Waals surface area contributed by atoms with E-state index in [1.807, 2.05) is 0 Å². The standard InChI is InChI=1S/C14H18FNO3/c1-9(16-8-2-3-12(16)14(18)19)13(17)10-4-6-11(15)7-5-10/h4-7,9,12-13,17H,2-3,8H2,1H3,(H,18,19). The fourth-order valence-corrected chi connectivity index (χ4v) is 2.66. The number of benzene rings is 1. The van der Waals surface area contributed by atoms with Crippen LogP contribution >= 0.6 is 0 Å². The van der Waals surface area contributed by atoms with E-state index in [-0.39, 0.29) is 11.9 Å². The summed E-state index contributed by atoms with van der Waals surface area (Å²) in [6.45, 7) is 2.46. The van der Waals surface area contributed by atoms with Crippen molar-refractivity contribution >= 4 is 5.97 Å². The Morgan fingerprint density at radius 2 is 2.05 bits per heavy atom. The predicted octanol–water partition coefficient (Wildman–Crippen LogP) is 1.80. The van der Waals surface area contributed by atoms with Crippen LogP contribution in [0.25, 0.3) is 0 Å². The number of aliphatic hydroxyl groups is 1. The lowest BCUT2D eigenvalue weighted by atomic mass is 10.0. The van der Waals surface area contributed by atoms with E-state index in [2.05, 4.69) is 0 Å². The summed E-state index contributed by atoms with van der Waals surface area (Å²) in [7, 11) is 0. The molecular weight excluding hydrogens is 249 g/mol. The van der Waals surface area contributed by atoms with Gasteiger partial charge in [-0.2, -0.15) is 0 Å². The predicted molar refractivity (Wildman–Crippen MR) is 68.2 cm³/mol. The van der Waals surface area contributed by atoms with Crippen LogP contribution in [0.15, 0.2) is 24.3 Å². The second kappa shape index (κ2) is 5.67. The van der Waals surface area contributed by atoms with E-state index in [1.54, 1.807) is 11.8 Å². The van der Waals surface area contributed by atoms with Crippen molar-refractivity contribution in [3.05, 3.63) is 35.6 Å². The molecule has 1 saturated heterocycles. The summed E-state index contributed by atoms with van der Waals surface area (Å²) < 4.78 is 12.9. The maximum Gasteiger partial charge on any atom is 0.320 e. The summed E-state index contributed by atoms with van der Waals surface area (Å²) >= 11 is 0. The first kappa shape index (κ1) is 14.0. The molecule has 19 heavy (non-hydrogen) atoms. The number of carbonyl (C=O) groups is 1. The molecular formula is C14H18FNO3. The molecule has 4 nitrogen and oxygen atoms in total. The Morgan fingerprint density at radius 3 is 2.63 bits per heavy atom. The number of carboxylic acids is 1. The fraction of sp³-hybridized carbons (Fsp3) is 0.500. The third-order valence-electron chi connectivity index (χ3n) is 3.77. The molecule has 1 aromatic carbocycles. The number of aliphatic hydroxyl groups excluding tert-OH is 1. The fourth-order valence-electron chi connectivity index (χ4n) is 2.66. The van der Waals surface area contributed by atoms with Crippen LogP contribution in [0.5, 0.6) is 0 Å². The van der Waals surface area contributed by atoms with Gasteiger partial charge in [0, 0.05) is 6.04 Å². The van der Waals surface area contributed by atoms with Gasteiger partial charge in [-0.3, -0.25) is 9.69 Å². The van der Waals surface area contributed by atoms with Crippen LogP contribution in [0, 0.1) is 5.82 Å². The number of rotatable bonds is 4. The van der Waals surface area contributed by atoms with E-state index in [9.17, 15) is 14.3 Å². The summed E-state index contributed by atoms with van der Waals surface area (Å²) in [5.41, 5.74) is 0.602. The highest BCUT2D eigenvalue weighted by Gasteiger charge is 2.36. The second-order valence-electron chi connectivity index (χ2n) is 4.97. The summed E-state index contributed by atoms with van der Waals surface area (Å²) in [6, 6.07) is 4.80. The molecule has 2 rings (SSSR count). The highest BCUT2D eigenvalue weighted by molar-refractivity contribution is 5.73. The molecule has 3 unspecified atom stereocenters. The van der Waals surface area contributed by atoms with Crippen molar-refractivity contribution in [1.29, 1.82) is 0 Å². The smallest absolute Gasteiger partial charge is 0.320 e. The van der Waals surface area contributed by atoms with Crippen LogP contribution in [0.1, 0.15) is 31.4 Å². The van der Waals surface area contributed by atoms with Gasteiger partial charge >= 0.3 is 5.97 Å². The van der Waals surface area contributed by atoms with E-state index in [1.165, 1.54) is 24.3 Å². The number of aliphatic carboxylic acids is 1. The molecule has 0 bridgehead atoms. The molecule has 1 heterocycles. The number of hydrogen-bond acceptors (Lipinski definition) is 3. The molecule has 1 fully saturated rings. The minimum Gasteiger partial charge on any atom is -0.480 e. The van der Waals surface area contributed by atoms with E-state index in [4.69, 9.17) is 5.11 Å². The molecule has 0 radical (unpaired) electrons. The Balaban J connectivity index is 2.12. The monoisotopic (exact) mass is 267 g/mol. The molecule has 104 valence electrons. The molecule has 1 aliphatic rings. The van der Waals surface area contributed by atoms with Gasteiger partial charge in [0.1, 0.15) is 11.9 Å². The molecule has 1 aliphatic heterocycles. The molecule has 5 heteroatoms. The SMILES string of the molecule is CC(C(O)c1ccc(F)cc1)N1CCCC1C(=O)O. The van der Waals surface area contributed by atoms with Crippen molar-refractivity contribution < 1.29 is 19.4 Å². The van der Waals surface area contributed by atoms with Gasteiger partial charge in [-0.25, -0.2) is 4.39 Å². The average Bonchev–Trinajstić information content (AvgIpc) is 2.87. The lowest BCUT2D eigenvalue weighted by Gasteiger charge is -2.31. The zero-order valence-corrected chi connectivity index (χ0v) is 10.8. The van der Waals surface area contributed by atoms with Gasteiger partial charge in [0.05, 0.1) is 6.10 Å². The van der Waals surface area contributed by atoms with Crippen LogP contribution in [-0.4, -0.2) is 39.7 Å². The van der Waals surface area contributed by atoms with Gasteiger partial charge in [-0.15, -0.1) is 0 Å². The van der Waals surface area contributed by atoms with E-state index in [0.29, 0.717) is 18.5 Å². The minimum atomic E-state index is -0.851. The quantitative estimate of drug-likeness (QED) is 0.873. The third-order valence-corrected chi connectivity index (χ3v) is 3.77. The van der Waals surface area contributed by atoms with Crippen LogP contribution < -0.4 is 0 Å².